The molecule has 30 heavy (non-hydrogen) atoms. The molecule has 0 spiro atoms. The van der Waals surface area contributed by atoms with E-state index in [0.717, 1.165) is 11.1 Å². The van der Waals surface area contributed by atoms with Crippen LogP contribution in [0.4, 0.5) is 5.13 Å². The number of halogens is 1. The zero-order valence-electron chi connectivity index (χ0n) is 16.1. The fraction of sp³-hybridized carbons (Fsp3) is 0.150. The first-order chi connectivity index (χ1) is 14.4. The van der Waals surface area contributed by atoms with Crippen LogP contribution in [0.15, 0.2) is 59.1 Å². The summed E-state index contributed by atoms with van der Waals surface area (Å²) in [7, 11) is -2.31. The quantitative estimate of drug-likeness (QED) is 0.422. The molecule has 2 heterocycles. The Morgan fingerprint density at radius 1 is 1.20 bits per heavy atom. The van der Waals surface area contributed by atoms with Gasteiger partial charge in [0.1, 0.15) is 5.75 Å². The third-order valence-corrected chi connectivity index (χ3v) is 7.59. The van der Waals surface area contributed by atoms with Crippen molar-refractivity contribution < 1.29 is 13.2 Å². The van der Waals surface area contributed by atoms with Gasteiger partial charge in [-0.1, -0.05) is 17.7 Å². The predicted octanol–water partition coefficient (Wildman–Crippen LogP) is 4.45. The molecule has 4 rings (SSSR count). The second-order valence-electron chi connectivity index (χ2n) is 6.50. The summed E-state index contributed by atoms with van der Waals surface area (Å²) in [6, 6.07) is 10.3. The van der Waals surface area contributed by atoms with Crippen LogP contribution >= 0.6 is 22.9 Å². The molecule has 0 fully saturated rings. The van der Waals surface area contributed by atoms with Crippen molar-refractivity contribution in [3.8, 4) is 5.75 Å². The molecular weight excluding hydrogens is 444 g/mol. The van der Waals surface area contributed by atoms with Crippen molar-refractivity contribution in [2.75, 3.05) is 11.4 Å². The van der Waals surface area contributed by atoms with Gasteiger partial charge in [0.25, 0.3) is 10.0 Å². The third kappa shape index (κ3) is 3.83. The number of thiazole rings is 1. The highest BCUT2D eigenvalue weighted by Gasteiger charge is 2.28. The SMILES string of the molecule is COc1ccc(CN(c2nccs2)S(=O)(=O)c2ccc3c(Cl)nncc3c2)c(C)c1. The summed E-state index contributed by atoms with van der Waals surface area (Å²) in [6.45, 7) is 2.06. The summed E-state index contributed by atoms with van der Waals surface area (Å²) >= 11 is 7.32. The molecule has 0 amide bonds. The molecule has 0 saturated carbocycles. The van der Waals surface area contributed by atoms with Crippen LogP contribution in [0.1, 0.15) is 11.1 Å². The van der Waals surface area contributed by atoms with Crippen LogP contribution in [0.3, 0.4) is 0 Å². The molecule has 0 N–H and O–H groups in total. The number of hydrogen-bond donors (Lipinski definition) is 0. The smallest absolute Gasteiger partial charge is 0.266 e. The number of ether oxygens (including phenoxy) is 1. The fourth-order valence-electron chi connectivity index (χ4n) is 3.04. The molecule has 154 valence electrons. The van der Waals surface area contributed by atoms with Gasteiger partial charge in [-0.3, -0.25) is 0 Å². The number of hydrogen-bond acceptors (Lipinski definition) is 7. The number of nitrogens with zero attached hydrogens (tertiary/aromatic N) is 4. The van der Waals surface area contributed by atoms with Crippen molar-refractivity contribution in [2.24, 2.45) is 0 Å². The summed E-state index contributed by atoms with van der Waals surface area (Å²) in [4.78, 5) is 4.37. The lowest BCUT2D eigenvalue weighted by atomic mass is 10.1. The summed E-state index contributed by atoms with van der Waals surface area (Å²) in [5.74, 6) is 0.715. The van der Waals surface area contributed by atoms with E-state index in [1.807, 2.05) is 25.1 Å². The van der Waals surface area contributed by atoms with Crippen LogP contribution in [0, 0.1) is 6.92 Å². The van der Waals surface area contributed by atoms with E-state index in [0.29, 0.717) is 21.7 Å². The van der Waals surface area contributed by atoms with E-state index in [-0.39, 0.29) is 16.6 Å². The van der Waals surface area contributed by atoms with Crippen LogP contribution in [0.2, 0.25) is 5.15 Å². The first-order valence-corrected chi connectivity index (χ1v) is 11.6. The molecule has 0 aliphatic carbocycles. The molecule has 0 saturated heterocycles. The monoisotopic (exact) mass is 460 g/mol. The van der Waals surface area contributed by atoms with E-state index in [4.69, 9.17) is 16.3 Å². The van der Waals surface area contributed by atoms with Crippen LogP contribution in [0.25, 0.3) is 10.8 Å². The van der Waals surface area contributed by atoms with Gasteiger partial charge in [-0.25, -0.2) is 17.7 Å². The number of aryl methyl sites for hydroxylation is 1. The Hall–Kier alpha value is -2.75. The molecule has 0 unspecified atom stereocenters. The first-order valence-electron chi connectivity index (χ1n) is 8.87. The topological polar surface area (TPSA) is 85.3 Å². The second kappa shape index (κ2) is 8.17. The van der Waals surface area contributed by atoms with Gasteiger partial charge in [-0.05, 0) is 48.4 Å². The fourth-order valence-corrected chi connectivity index (χ4v) is 5.56. The van der Waals surface area contributed by atoms with Crippen LogP contribution in [-0.4, -0.2) is 30.7 Å². The van der Waals surface area contributed by atoms with E-state index in [2.05, 4.69) is 15.2 Å². The van der Waals surface area contributed by atoms with Gasteiger partial charge in [-0.15, -0.1) is 16.4 Å². The number of rotatable bonds is 6. The Kier molecular flexibility index (Phi) is 5.59. The van der Waals surface area contributed by atoms with Gasteiger partial charge in [0.2, 0.25) is 0 Å². The predicted molar refractivity (Wildman–Crippen MR) is 118 cm³/mol. The van der Waals surface area contributed by atoms with E-state index >= 15 is 0 Å². The summed E-state index contributed by atoms with van der Waals surface area (Å²) in [6.07, 6.45) is 3.07. The van der Waals surface area contributed by atoms with Gasteiger partial charge in [0.15, 0.2) is 10.3 Å². The molecule has 0 aliphatic heterocycles. The third-order valence-electron chi connectivity index (χ3n) is 4.67. The second-order valence-corrected chi connectivity index (χ2v) is 9.60. The molecule has 2 aromatic carbocycles. The number of benzene rings is 2. The number of fused-ring (bicyclic) bond motifs is 1. The molecule has 2 aromatic heterocycles. The lowest BCUT2D eigenvalue weighted by Gasteiger charge is -2.23. The minimum atomic E-state index is -3.90. The van der Waals surface area contributed by atoms with Crippen molar-refractivity contribution in [1.82, 2.24) is 15.2 Å². The Balaban J connectivity index is 1.79. The van der Waals surface area contributed by atoms with Crippen molar-refractivity contribution in [3.05, 3.63) is 70.5 Å². The Morgan fingerprint density at radius 2 is 2.03 bits per heavy atom. The lowest BCUT2D eigenvalue weighted by molar-refractivity contribution is 0.414. The average molecular weight is 461 g/mol. The molecular formula is C20H17ClN4O3S2. The highest BCUT2D eigenvalue weighted by atomic mass is 35.5. The highest BCUT2D eigenvalue weighted by molar-refractivity contribution is 7.93. The first kappa shape index (κ1) is 20.5. The lowest BCUT2D eigenvalue weighted by Crippen LogP contribution is -2.30. The minimum absolute atomic E-state index is 0.125. The molecule has 7 nitrogen and oxygen atoms in total. The average Bonchev–Trinajstić information content (AvgIpc) is 3.27. The number of aromatic nitrogens is 3. The summed E-state index contributed by atoms with van der Waals surface area (Å²) < 4.78 is 33.8. The van der Waals surface area contributed by atoms with Gasteiger partial charge >= 0.3 is 0 Å². The normalized spacial score (nSPS) is 11.6. The van der Waals surface area contributed by atoms with Crippen LogP contribution in [-0.2, 0) is 16.6 Å². The zero-order valence-corrected chi connectivity index (χ0v) is 18.5. The highest BCUT2D eigenvalue weighted by Crippen LogP contribution is 2.31. The Labute approximate surface area is 183 Å². The zero-order chi connectivity index (χ0) is 21.3. The molecule has 0 atom stereocenters. The standard InChI is InChI=1S/C20H17ClN4O3S2/c1-13-9-16(28-2)4-3-14(13)12-25(20-22-7-8-29-20)30(26,27)17-5-6-18-15(10-17)11-23-24-19(18)21/h3-11H,12H2,1-2H3. The van der Waals surface area contributed by atoms with Crippen molar-refractivity contribution in [1.29, 1.82) is 0 Å². The maximum atomic E-state index is 13.6. The van der Waals surface area contributed by atoms with Crippen molar-refractivity contribution >= 4 is 48.9 Å². The molecule has 0 bridgehead atoms. The minimum Gasteiger partial charge on any atom is -0.497 e. The summed E-state index contributed by atoms with van der Waals surface area (Å²) in [5.41, 5.74) is 1.77. The van der Waals surface area contributed by atoms with Gasteiger partial charge in [0.05, 0.1) is 24.7 Å². The number of anilines is 1. The number of methoxy groups -OCH3 is 1. The Morgan fingerprint density at radius 3 is 2.73 bits per heavy atom. The van der Waals surface area contributed by atoms with Gasteiger partial charge in [0, 0.05) is 22.3 Å². The number of sulfonamides is 1. The molecule has 0 aliphatic rings. The largest absolute Gasteiger partial charge is 0.497 e. The Bertz CT molecular complexity index is 1310. The summed E-state index contributed by atoms with van der Waals surface area (Å²) in [5, 5.41) is 11.2. The van der Waals surface area contributed by atoms with Crippen LogP contribution < -0.4 is 9.04 Å². The van der Waals surface area contributed by atoms with E-state index in [9.17, 15) is 8.42 Å². The molecule has 0 radical (unpaired) electrons. The van der Waals surface area contributed by atoms with Crippen molar-refractivity contribution in [2.45, 2.75) is 18.4 Å². The van der Waals surface area contributed by atoms with Gasteiger partial charge in [-0.2, -0.15) is 5.10 Å². The van der Waals surface area contributed by atoms with Crippen LogP contribution in [0.5, 0.6) is 5.75 Å². The van der Waals surface area contributed by atoms with E-state index < -0.39 is 10.0 Å². The van der Waals surface area contributed by atoms with E-state index in [1.54, 1.807) is 30.8 Å². The molecule has 4 aromatic rings. The maximum Gasteiger partial charge on any atom is 0.266 e. The molecule has 10 heteroatoms. The van der Waals surface area contributed by atoms with Crippen molar-refractivity contribution in [3.63, 3.8) is 0 Å². The van der Waals surface area contributed by atoms with E-state index in [1.165, 1.54) is 27.9 Å². The maximum absolute atomic E-state index is 13.6. The van der Waals surface area contributed by atoms with Gasteiger partial charge < -0.3 is 4.74 Å².